The summed E-state index contributed by atoms with van der Waals surface area (Å²) in [5.41, 5.74) is 6.74. The molecule has 1 fully saturated rings. The lowest BCUT2D eigenvalue weighted by Crippen LogP contribution is -2.54. The molecule has 6 N–H and O–H groups in total. The minimum atomic E-state index is -0.923. The number of carbonyl (C=O) groups is 6. The van der Waals surface area contributed by atoms with Crippen LogP contribution in [0.4, 0.5) is 10.5 Å². The van der Waals surface area contributed by atoms with Gasteiger partial charge in [-0.05, 0) is 66.5 Å². The Kier molecular flexibility index (Phi) is 15.1. The first kappa shape index (κ1) is 40.2. The first-order valence-electron chi connectivity index (χ1n) is 17.2. The van der Waals surface area contributed by atoms with Gasteiger partial charge >= 0.3 is 6.03 Å². The van der Waals surface area contributed by atoms with Crippen LogP contribution in [0.3, 0.4) is 0 Å². The van der Waals surface area contributed by atoms with Crippen LogP contribution in [0.2, 0.25) is 0 Å². The minimum absolute atomic E-state index is 0.120. The van der Waals surface area contributed by atoms with Gasteiger partial charge in [-0.2, -0.15) is 0 Å². The zero-order valence-corrected chi connectivity index (χ0v) is 30.2. The molecule has 0 spiro atoms. The van der Waals surface area contributed by atoms with Crippen LogP contribution < -0.4 is 27.0 Å². The highest BCUT2D eigenvalue weighted by molar-refractivity contribution is 6.04. The number of unbranched alkanes of at least 4 members (excludes halogenated alkanes) is 2. The maximum absolute atomic E-state index is 13.4. The lowest BCUT2D eigenvalue weighted by molar-refractivity contribution is -0.140. The van der Waals surface area contributed by atoms with Crippen molar-refractivity contribution in [3.63, 3.8) is 0 Å². The van der Waals surface area contributed by atoms with E-state index in [1.54, 1.807) is 0 Å². The maximum atomic E-state index is 13.4. The molecule has 1 saturated heterocycles. The molecule has 1 heterocycles. The highest BCUT2D eigenvalue weighted by atomic mass is 16.2. The summed E-state index contributed by atoms with van der Waals surface area (Å²) in [5.74, 6) is -2.03. The van der Waals surface area contributed by atoms with Gasteiger partial charge in [0, 0.05) is 31.6 Å². The summed E-state index contributed by atoms with van der Waals surface area (Å²) in [7, 11) is 0. The molecule has 1 aromatic carbocycles. The number of anilines is 1. The number of primary amides is 1. The van der Waals surface area contributed by atoms with Crippen LogP contribution in [0, 0.1) is 22.7 Å². The largest absolute Gasteiger partial charge is 0.352 e. The van der Waals surface area contributed by atoms with E-state index in [1.165, 1.54) is 4.90 Å². The van der Waals surface area contributed by atoms with Crippen molar-refractivity contribution >= 4 is 41.3 Å². The van der Waals surface area contributed by atoms with Crippen molar-refractivity contribution in [2.45, 2.75) is 119 Å². The van der Waals surface area contributed by atoms with Crippen molar-refractivity contribution < 1.29 is 28.8 Å². The maximum Gasteiger partial charge on any atom is 0.312 e. The molecule has 0 bridgehead atoms. The fourth-order valence-corrected chi connectivity index (χ4v) is 5.70. The van der Waals surface area contributed by atoms with E-state index in [9.17, 15) is 28.8 Å². The topological polar surface area (TPSA) is 180 Å². The fourth-order valence-electron chi connectivity index (χ4n) is 5.70. The standard InChI is InChI=1S/C36H58N6O6/c1-23(2)30(41-28(43)14-10-9-11-20-42-29(44)21-26(33(42)47)36(6,7)8)32(46)40-27(13-12-19-38-34(37)48)31(45)39-25-17-15-24(16-18-25)22-35(3,4)5/h15-18,23,26-27,30H,9-14,19-22H2,1-8H3,(H,39,45)(H,40,46)(H,41,43)(H3,37,38,48)/t26?,27-,30?/m1/s1. The smallest absolute Gasteiger partial charge is 0.312 e. The molecule has 0 radical (unpaired) electrons. The predicted molar refractivity (Wildman–Crippen MR) is 187 cm³/mol. The number of hydrogen-bond donors (Lipinski definition) is 5. The molecule has 268 valence electrons. The average molecular weight is 671 g/mol. The third-order valence-corrected chi connectivity index (χ3v) is 8.40. The quantitative estimate of drug-likeness (QED) is 0.122. The fraction of sp³-hybridized carbons (Fsp3) is 0.667. The van der Waals surface area contributed by atoms with Crippen molar-refractivity contribution in [2.75, 3.05) is 18.4 Å². The number of hydrogen-bond acceptors (Lipinski definition) is 6. The van der Waals surface area contributed by atoms with Gasteiger partial charge in [0.15, 0.2) is 0 Å². The average Bonchev–Trinajstić information content (AvgIpc) is 3.26. The Bertz CT molecular complexity index is 1280. The Balaban J connectivity index is 1.94. The third kappa shape index (κ3) is 13.6. The van der Waals surface area contributed by atoms with Gasteiger partial charge in [0.25, 0.3) is 0 Å². The first-order chi connectivity index (χ1) is 22.3. The van der Waals surface area contributed by atoms with Crippen molar-refractivity contribution in [1.82, 2.24) is 20.9 Å². The first-order valence-corrected chi connectivity index (χ1v) is 17.2. The Hall–Kier alpha value is -3.96. The number of amides is 7. The predicted octanol–water partition coefficient (Wildman–Crippen LogP) is 4.27. The van der Waals surface area contributed by atoms with E-state index < -0.39 is 29.9 Å². The second kappa shape index (κ2) is 18.0. The molecule has 7 amide bonds. The van der Waals surface area contributed by atoms with Gasteiger partial charge in [-0.25, -0.2) is 4.79 Å². The number of nitrogens with two attached hydrogens (primary N) is 1. The summed E-state index contributed by atoms with van der Waals surface area (Å²) >= 11 is 0. The Morgan fingerprint density at radius 1 is 0.896 bits per heavy atom. The second-order valence-corrected chi connectivity index (χ2v) is 15.5. The van der Waals surface area contributed by atoms with Crippen molar-refractivity contribution in [3.05, 3.63) is 29.8 Å². The minimum Gasteiger partial charge on any atom is -0.352 e. The summed E-state index contributed by atoms with van der Waals surface area (Å²) in [4.78, 5) is 77.2. The van der Waals surface area contributed by atoms with Gasteiger partial charge < -0.3 is 27.0 Å². The van der Waals surface area contributed by atoms with Crippen LogP contribution in [-0.2, 0) is 30.4 Å². The van der Waals surface area contributed by atoms with Crippen LogP contribution in [0.1, 0.15) is 106 Å². The number of nitrogens with zero attached hydrogens (tertiary/aromatic N) is 1. The molecule has 2 unspecified atom stereocenters. The molecule has 12 nitrogen and oxygen atoms in total. The molecule has 2 rings (SSSR count). The van der Waals surface area contributed by atoms with E-state index >= 15 is 0 Å². The molecule has 1 aliphatic rings. The third-order valence-electron chi connectivity index (χ3n) is 8.40. The molecule has 0 aromatic heterocycles. The SMILES string of the molecule is CC(C)C(NC(=O)CCCCCN1C(=O)CC(C(C)(C)C)C1=O)C(=O)N[C@H](CCCNC(N)=O)C(=O)Nc1ccc(CC(C)(C)C)cc1. The van der Waals surface area contributed by atoms with Crippen molar-refractivity contribution in [2.24, 2.45) is 28.4 Å². The molecular weight excluding hydrogens is 612 g/mol. The molecule has 3 atom stereocenters. The summed E-state index contributed by atoms with van der Waals surface area (Å²) in [6.07, 6.45) is 3.68. The highest BCUT2D eigenvalue weighted by Crippen LogP contribution is 2.35. The van der Waals surface area contributed by atoms with E-state index in [2.05, 4.69) is 42.0 Å². The van der Waals surface area contributed by atoms with Gasteiger partial charge in [0.2, 0.25) is 29.5 Å². The summed E-state index contributed by atoms with van der Waals surface area (Å²) in [5, 5.41) is 11.0. The zero-order valence-electron chi connectivity index (χ0n) is 30.2. The molecule has 1 aromatic rings. The van der Waals surface area contributed by atoms with Crippen molar-refractivity contribution in [3.8, 4) is 0 Å². The number of nitrogens with one attached hydrogen (secondary N) is 4. The van der Waals surface area contributed by atoms with Crippen LogP contribution in [0.15, 0.2) is 24.3 Å². The summed E-state index contributed by atoms with van der Waals surface area (Å²) < 4.78 is 0. The zero-order chi connectivity index (χ0) is 36.2. The van der Waals surface area contributed by atoms with Crippen molar-refractivity contribution in [1.29, 1.82) is 0 Å². The lowest BCUT2D eigenvalue weighted by Gasteiger charge is -2.25. The molecular formula is C36H58N6O6. The number of urea groups is 1. The van der Waals surface area contributed by atoms with Crippen LogP contribution in [-0.4, -0.2) is 65.6 Å². The van der Waals surface area contributed by atoms with Gasteiger partial charge in [-0.1, -0.05) is 73.9 Å². The highest BCUT2D eigenvalue weighted by Gasteiger charge is 2.44. The molecule has 48 heavy (non-hydrogen) atoms. The van der Waals surface area contributed by atoms with E-state index in [4.69, 9.17) is 5.73 Å². The second-order valence-electron chi connectivity index (χ2n) is 15.5. The normalized spacial score (nSPS) is 16.4. The Morgan fingerprint density at radius 2 is 1.54 bits per heavy atom. The Morgan fingerprint density at radius 3 is 2.08 bits per heavy atom. The number of likely N-dealkylation sites (tertiary alicyclic amines) is 1. The molecule has 0 saturated carbocycles. The van der Waals surface area contributed by atoms with E-state index in [-0.39, 0.29) is 66.2 Å². The van der Waals surface area contributed by atoms with Gasteiger partial charge in [-0.15, -0.1) is 0 Å². The number of carbonyl (C=O) groups excluding carboxylic acids is 6. The summed E-state index contributed by atoms with van der Waals surface area (Å²) in [6, 6.07) is 5.11. The molecule has 0 aliphatic carbocycles. The van der Waals surface area contributed by atoms with E-state index in [1.807, 2.05) is 58.9 Å². The van der Waals surface area contributed by atoms with Crippen LogP contribution >= 0.6 is 0 Å². The number of rotatable bonds is 17. The van der Waals surface area contributed by atoms with Gasteiger partial charge in [0.05, 0.1) is 5.92 Å². The van der Waals surface area contributed by atoms with Gasteiger partial charge in [0.1, 0.15) is 12.1 Å². The van der Waals surface area contributed by atoms with Crippen LogP contribution in [0.5, 0.6) is 0 Å². The molecule has 12 heteroatoms. The summed E-state index contributed by atoms with van der Waals surface area (Å²) in [6.45, 7) is 16.5. The Labute approximate surface area is 286 Å². The van der Waals surface area contributed by atoms with E-state index in [0.717, 1.165) is 12.0 Å². The number of imide groups is 1. The number of benzene rings is 1. The lowest BCUT2D eigenvalue weighted by atomic mass is 9.80. The monoisotopic (exact) mass is 670 g/mol. The van der Waals surface area contributed by atoms with Gasteiger partial charge in [-0.3, -0.25) is 28.9 Å². The molecule has 1 aliphatic heterocycles. The van der Waals surface area contributed by atoms with E-state index in [0.29, 0.717) is 37.9 Å². The van der Waals surface area contributed by atoms with Crippen LogP contribution in [0.25, 0.3) is 0 Å².